The van der Waals surface area contributed by atoms with E-state index in [4.69, 9.17) is 9.72 Å². The number of para-hydroxylation sites is 2. The van der Waals surface area contributed by atoms with Gasteiger partial charge in [-0.25, -0.2) is 4.98 Å². The molecule has 3 aromatic carbocycles. The number of imidazole rings is 1. The van der Waals surface area contributed by atoms with Crippen molar-refractivity contribution in [3.8, 4) is 5.75 Å². The summed E-state index contributed by atoms with van der Waals surface area (Å²) >= 11 is 0. The van der Waals surface area contributed by atoms with E-state index in [9.17, 15) is 4.79 Å². The molecule has 4 rings (SSSR count). The quantitative estimate of drug-likeness (QED) is 0.319. The van der Waals surface area contributed by atoms with Crippen LogP contribution in [0.5, 0.6) is 5.75 Å². The van der Waals surface area contributed by atoms with E-state index in [-0.39, 0.29) is 11.8 Å². The molecule has 1 aromatic heterocycles. The lowest BCUT2D eigenvalue weighted by atomic mass is 9.97. The smallest absolute Gasteiger partial charge is 0.242 e. The molecule has 0 bridgehead atoms. The number of ether oxygens (including phenoxy) is 1. The third kappa shape index (κ3) is 4.72. The summed E-state index contributed by atoms with van der Waals surface area (Å²) in [6.07, 6.45) is 1.92. The van der Waals surface area contributed by atoms with E-state index in [1.54, 1.807) is 7.11 Å². The Morgan fingerprint density at radius 3 is 2.42 bits per heavy atom. The lowest BCUT2D eigenvalue weighted by Crippen LogP contribution is -2.35. The number of methoxy groups -OCH3 is 1. The highest BCUT2D eigenvalue weighted by Gasteiger charge is 2.22. The number of hydrogen-bond donors (Lipinski definition) is 0. The highest BCUT2D eigenvalue weighted by atomic mass is 16.5. The lowest BCUT2D eigenvalue weighted by Gasteiger charge is -2.23. The average molecular weight is 444 g/mol. The van der Waals surface area contributed by atoms with Gasteiger partial charge in [0, 0.05) is 19.0 Å². The molecule has 5 nitrogen and oxygen atoms in total. The Morgan fingerprint density at radius 2 is 1.70 bits per heavy atom. The van der Waals surface area contributed by atoms with Crippen LogP contribution in [0.3, 0.4) is 0 Å². The molecule has 0 spiro atoms. The summed E-state index contributed by atoms with van der Waals surface area (Å²) < 4.78 is 7.47. The molecule has 0 radical (unpaired) electrons. The van der Waals surface area contributed by atoms with E-state index in [2.05, 4.69) is 55.7 Å². The third-order valence-electron chi connectivity index (χ3n) is 6.28. The maximum Gasteiger partial charge on any atom is 0.242 e. The maximum absolute atomic E-state index is 13.2. The van der Waals surface area contributed by atoms with E-state index in [1.807, 2.05) is 35.2 Å². The van der Waals surface area contributed by atoms with Gasteiger partial charge in [0.25, 0.3) is 0 Å². The summed E-state index contributed by atoms with van der Waals surface area (Å²) in [5.41, 5.74) is 3.11. The van der Waals surface area contributed by atoms with E-state index in [1.165, 1.54) is 5.56 Å². The molecule has 0 aliphatic heterocycles. The van der Waals surface area contributed by atoms with Crippen LogP contribution in [0.4, 0.5) is 0 Å². The minimum Gasteiger partial charge on any atom is -0.497 e. The van der Waals surface area contributed by atoms with Gasteiger partial charge in [-0.3, -0.25) is 4.79 Å². The minimum absolute atomic E-state index is 0.0440. The van der Waals surface area contributed by atoms with Crippen molar-refractivity contribution in [2.24, 2.45) is 0 Å². The van der Waals surface area contributed by atoms with Crippen LogP contribution in [-0.2, 0) is 11.3 Å². The van der Waals surface area contributed by atoms with Crippen molar-refractivity contribution in [3.63, 3.8) is 0 Å². The molecule has 33 heavy (non-hydrogen) atoms. The first kappa shape index (κ1) is 22.8. The molecule has 0 saturated carbocycles. The molecular formula is C28H33N3O2. The Hall–Kier alpha value is -3.34. The maximum atomic E-state index is 13.2. The van der Waals surface area contributed by atoms with Crippen molar-refractivity contribution in [2.45, 2.75) is 46.1 Å². The molecule has 0 aliphatic carbocycles. The Bertz CT molecular complexity index is 1250. The van der Waals surface area contributed by atoms with Crippen LogP contribution < -0.4 is 4.74 Å². The van der Waals surface area contributed by atoms with E-state index >= 15 is 0 Å². The normalized spacial score (nSPS) is 12.2. The standard InChI is InChI=1S/C28H33N3O2/c1-5-15-30(16-6-2)27(32)19-31-26-10-8-7-9-25(26)29-28(31)20(3)21-11-12-23-18-24(33-4)14-13-22(23)17-21/h7-14,17-18,20H,5-6,15-16,19H2,1-4H3. The average Bonchev–Trinajstić information content (AvgIpc) is 3.21. The third-order valence-corrected chi connectivity index (χ3v) is 6.28. The molecule has 0 aliphatic rings. The summed E-state index contributed by atoms with van der Waals surface area (Å²) in [5, 5.41) is 2.31. The molecule has 1 heterocycles. The van der Waals surface area contributed by atoms with Crippen molar-refractivity contribution in [2.75, 3.05) is 20.2 Å². The van der Waals surface area contributed by atoms with E-state index in [0.29, 0.717) is 6.54 Å². The van der Waals surface area contributed by atoms with Gasteiger partial charge in [-0.05, 0) is 53.4 Å². The summed E-state index contributed by atoms with van der Waals surface area (Å²) in [5.74, 6) is 1.97. The van der Waals surface area contributed by atoms with Crippen molar-refractivity contribution in [1.29, 1.82) is 0 Å². The first-order valence-electron chi connectivity index (χ1n) is 11.9. The topological polar surface area (TPSA) is 47.4 Å². The summed E-state index contributed by atoms with van der Waals surface area (Å²) in [4.78, 5) is 20.2. The van der Waals surface area contributed by atoms with Gasteiger partial charge >= 0.3 is 0 Å². The Balaban J connectivity index is 1.72. The van der Waals surface area contributed by atoms with Crippen LogP contribution in [0.15, 0.2) is 60.7 Å². The number of amides is 1. The number of aromatic nitrogens is 2. The van der Waals surface area contributed by atoms with Crippen molar-refractivity contribution in [1.82, 2.24) is 14.5 Å². The first-order valence-corrected chi connectivity index (χ1v) is 11.9. The van der Waals surface area contributed by atoms with Gasteiger partial charge < -0.3 is 14.2 Å². The molecule has 0 saturated heterocycles. The van der Waals surface area contributed by atoms with Gasteiger partial charge in [-0.1, -0.05) is 57.2 Å². The number of hydrogen-bond acceptors (Lipinski definition) is 3. The zero-order chi connectivity index (χ0) is 23.4. The van der Waals surface area contributed by atoms with E-state index < -0.39 is 0 Å². The van der Waals surface area contributed by atoms with Crippen molar-refractivity contribution in [3.05, 3.63) is 72.1 Å². The zero-order valence-electron chi connectivity index (χ0n) is 20.0. The molecule has 0 N–H and O–H groups in total. The predicted octanol–water partition coefficient (Wildman–Crippen LogP) is 6.00. The monoisotopic (exact) mass is 443 g/mol. The number of nitrogens with zero attached hydrogens (tertiary/aromatic N) is 3. The molecule has 5 heteroatoms. The van der Waals surface area contributed by atoms with Gasteiger partial charge in [0.15, 0.2) is 0 Å². The van der Waals surface area contributed by atoms with Crippen molar-refractivity contribution < 1.29 is 9.53 Å². The molecular weight excluding hydrogens is 410 g/mol. The van der Waals surface area contributed by atoms with Crippen molar-refractivity contribution >= 4 is 27.7 Å². The second-order valence-corrected chi connectivity index (χ2v) is 8.62. The van der Waals surface area contributed by atoms with Crippen LogP contribution >= 0.6 is 0 Å². The molecule has 1 amide bonds. The largest absolute Gasteiger partial charge is 0.497 e. The highest BCUT2D eigenvalue weighted by molar-refractivity contribution is 5.85. The number of rotatable bonds is 9. The molecule has 172 valence electrons. The lowest BCUT2D eigenvalue weighted by molar-refractivity contribution is -0.131. The Morgan fingerprint density at radius 1 is 1.00 bits per heavy atom. The number of benzene rings is 3. The predicted molar refractivity (Wildman–Crippen MR) is 135 cm³/mol. The fourth-order valence-electron chi connectivity index (χ4n) is 4.51. The van der Waals surface area contributed by atoms with Gasteiger partial charge in [-0.15, -0.1) is 0 Å². The van der Waals surface area contributed by atoms with Crippen LogP contribution in [0.25, 0.3) is 21.8 Å². The van der Waals surface area contributed by atoms with Gasteiger partial charge in [0.1, 0.15) is 18.1 Å². The number of fused-ring (bicyclic) bond motifs is 2. The number of carbonyl (C=O) groups excluding carboxylic acids is 1. The van der Waals surface area contributed by atoms with Crippen LogP contribution in [-0.4, -0.2) is 40.6 Å². The summed E-state index contributed by atoms with van der Waals surface area (Å²) in [7, 11) is 1.69. The Kier molecular flexibility index (Phi) is 6.97. The highest BCUT2D eigenvalue weighted by Crippen LogP contribution is 2.30. The van der Waals surface area contributed by atoms with Crippen LogP contribution in [0.1, 0.15) is 50.9 Å². The summed E-state index contributed by atoms with van der Waals surface area (Å²) in [6.45, 7) is 8.29. The van der Waals surface area contributed by atoms with Gasteiger partial charge in [-0.2, -0.15) is 0 Å². The summed E-state index contributed by atoms with van der Waals surface area (Å²) in [6, 6.07) is 20.7. The first-order chi connectivity index (χ1) is 16.0. The van der Waals surface area contributed by atoms with Crippen LogP contribution in [0, 0.1) is 0 Å². The second-order valence-electron chi connectivity index (χ2n) is 8.62. The van der Waals surface area contributed by atoms with Gasteiger partial charge in [0.05, 0.1) is 18.1 Å². The number of carbonyl (C=O) groups is 1. The van der Waals surface area contributed by atoms with Gasteiger partial charge in [0.2, 0.25) is 5.91 Å². The van der Waals surface area contributed by atoms with E-state index in [0.717, 1.165) is 59.3 Å². The molecule has 1 unspecified atom stereocenters. The fourth-order valence-corrected chi connectivity index (χ4v) is 4.51. The fraction of sp³-hybridized carbons (Fsp3) is 0.357. The molecule has 0 fully saturated rings. The Labute approximate surface area is 196 Å². The second kappa shape index (κ2) is 10.1. The minimum atomic E-state index is 0.0440. The molecule has 4 aromatic rings. The zero-order valence-corrected chi connectivity index (χ0v) is 20.0. The van der Waals surface area contributed by atoms with Crippen LogP contribution in [0.2, 0.25) is 0 Å². The molecule has 1 atom stereocenters. The SMILES string of the molecule is CCCN(CCC)C(=O)Cn1c(C(C)c2ccc3cc(OC)ccc3c2)nc2ccccc21.